The van der Waals surface area contributed by atoms with Crippen molar-refractivity contribution in [3.8, 4) is 22.6 Å². The highest BCUT2D eigenvalue weighted by Gasteiger charge is 2.45. The van der Waals surface area contributed by atoms with Crippen LogP contribution in [-0.4, -0.2) is 13.1 Å². The molecule has 4 aromatic rings. The van der Waals surface area contributed by atoms with Gasteiger partial charge in [0.1, 0.15) is 11.5 Å². The van der Waals surface area contributed by atoms with Crippen molar-refractivity contribution in [1.82, 2.24) is 0 Å². The topological polar surface area (TPSA) is 35.5 Å². The average Bonchev–Trinajstić information content (AvgIpc) is 3.11. The molecule has 0 heterocycles. The van der Waals surface area contributed by atoms with E-state index < -0.39 is 5.41 Å². The zero-order valence-electron chi connectivity index (χ0n) is 17.5. The maximum atomic E-state index is 11.4. The van der Waals surface area contributed by atoms with E-state index in [4.69, 9.17) is 9.47 Å². The number of rotatable bonds is 4. The molecule has 0 atom stereocenters. The van der Waals surface area contributed by atoms with Crippen LogP contribution in [0.15, 0.2) is 97.1 Å². The summed E-state index contributed by atoms with van der Waals surface area (Å²) in [6, 6.07) is 33.3. The Balaban J connectivity index is 1.82. The molecule has 4 aromatic carbocycles. The lowest BCUT2D eigenvalue weighted by atomic mass is 9.68. The molecule has 0 radical (unpaired) electrons. The van der Waals surface area contributed by atoms with Crippen LogP contribution in [0.4, 0.5) is 0 Å². The third kappa shape index (κ3) is 2.93. The molecule has 0 fully saturated rings. The van der Waals surface area contributed by atoms with E-state index in [0.717, 1.165) is 16.9 Å². The lowest BCUT2D eigenvalue weighted by molar-refractivity contribution is -0.131. The maximum Gasteiger partial charge on any atom is 0.308 e. The number of carbonyl (C=O) groups excluding carboxylic acids is 1. The number of fused-ring (bicyclic) bond motifs is 3. The van der Waals surface area contributed by atoms with E-state index in [1.165, 1.54) is 29.2 Å². The molecule has 152 valence electrons. The number of methoxy groups -OCH3 is 1. The van der Waals surface area contributed by atoms with E-state index >= 15 is 0 Å². The molecule has 0 aliphatic heterocycles. The molecule has 0 saturated carbocycles. The summed E-state index contributed by atoms with van der Waals surface area (Å²) in [5.74, 6) is 1.04. The van der Waals surface area contributed by atoms with Crippen molar-refractivity contribution >= 4 is 5.97 Å². The van der Waals surface area contributed by atoms with Crippen molar-refractivity contribution in [1.29, 1.82) is 0 Å². The van der Waals surface area contributed by atoms with Crippen molar-refractivity contribution < 1.29 is 14.3 Å². The van der Waals surface area contributed by atoms with Gasteiger partial charge in [0.15, 0.2) is 0 Å². The van der Waals surface area contributed by atoms with Gasteiger partial charge in [-0.1, -0.05) is 72.8 Å². The Labute approximate surface area is 181 Å². The molecule has 0 unspecified atom stereocenters. The van der Waals surface area contributed by atoms with Crippen LogP contribution in [0.1, 0.15) is 29.2 Å². The van der Waals surface area contributed by atoms with Gasteiger partial charge in [-0.15, -0.1) is 0 Å². The monoisotopic (exact) mass is 406 g/mol. The Morgan fingerprint density at radius 1 is 0.645 bits per heavy atom. The Kier molecular flexibility index (Phi) is 4.59. The van der Waals surface area contributed by atoms with E-state index in [9.17, 15) is 4.79 Å². The predicted octanol–water partition coefficient (Wildman–Crippen LogP) is 5.98. The Morgan fingerprint density at radius 3 is 1.55 bits per heavy atom. The molecule has 0 bridgehead atoms. The van der Waals surface area contributed by atoms with Gasteiger partial charge < -0.3 is 9.47 Å². The van der Waals surface area contributed by atoms with Crippen LogP contribution in [0.5, 0.6) is 11.5 Å². The van der Waals surface area contributed by atoms with Gasteiger partial charge in [-0.2, -0.15) is 0 Å². The smallest absolute Gasteiger partial charge is 0.308 e. The molecule has 0 aromatic heterocycles. The predicted molar refractivity (Wildman–Crippen MR) is 122 cm³/mol. The number of benzene rings is 4. The quantitative estimate of drug-likeness (QED) is 0.272. The normalized spacial score (nSPS) is 13.2. The second kappa shape index (κ2) is 7.44. The number of ether oxygens (including phenoxy) is 2. The number of esters is 1. The van der Waals surface area contributed by atoms with Gasteiger partial charge in [0.2, 0.25) is 0 Å². The molecule has 31 heavy (non-hydrogen) atoms. The second-order valence-electron chi connectivity index (χ2n) is 7.69. The minimum atomic E-state index is -0.478. The molecule has 0 N–H and O–H groups in total. The SMILES string of the molecule is COc1ccc(C2(c3ccc(OC(C)=O)cc3)c3ccccc3-c3ccccc32)cc1. The first kappa shape index (κ1) is 19.1. The fraction of sp³-hybridized carbons (Fsp3) is 0.107. The highest BCUT2D eigenvalue weighted by atomic mass is 16.5. The summed E-state index contributed by atoms with van der Waals surface area (Å²) in [4.78, 5) is 11.4. The largest absolute Gasteiger partial charge is 0.497 e. The molecule has 3 nitrogen and oxygen atoms in total. The van der Waals surface area contributed by atoms with E-state index in [0.29, 0.717) is 5.75 Å². The molecule has 0 amide bonds. The summed E-state index contributed by atoms with van der Waals surface area (Å²) in [5.41, 5.74) is 6.74. The van der Waals surface area contributed by atoms with Crippen molar-refractivity contribution in [2.75, 3.05) is 7.11 Å². The number of hydrogen-bond donors (Lipinski definition) is 0. The zero-order valence-corrected chi connectivity index (χ0v) is 17.5. The van der Waals surface area contributed by atoms with E-state index in [1.807, 2.05) is 24.3 Å². The second-order valence-corrected chi connectivity index (χ2v) is 7.69. The lowest BCUT2D eigenvalue weighted by Crippen LogP contribution is -2.28. The van der Waals surface area contributed by atoms with Gasteiger partial charge in [0.05, 0.1) is 12.5 Å². The molecule has 1 aliphatic carbocycles. The van der Waals surface area contributed by atoms with Crippen LogP contribution in [-0.2, 0) is 10.2 Å². The number of carbonyl (C=O) groups is 1. The standard InChI is InChI=1S/C28H22O3/c1-19(29)31-23-17-13-21(14-18-23)28(20-11-15-22(30-2)16-12-20)26-9-5-3-7-24(26)25-8-4-6-10-27(25)28/h3-18H,1-2H3. The summed E-state index contributed by atoms with van der Waals surface area (Å²) >= 11 is 0. The minimum absolute atomic E-state index is 0.325. The third-order valence-electron chi connectivity index (χ3n) is 6.02. The van der Waals surface area contributed by atoms with Crippen LogP contribution in [0.25, 0.3) is 11.1 Å². The van der Waals surface area contributed by atoms with E-state index in [1.54, 1.807) is 7.11 Å². The fourth-order valence-electron chi connectivity index (χ4n) is 4.80. The van der Waals surface area contributed by atoms with Gasteiger partial charge in [-0.3, -0.25) is 4.79 Å². The first-order chi connectivity index (χ1) is 15.1. The van der Waals surface area contributed by atoms with Gasteiger partial charge in [0.25, 0.3) is 0 Å². The van der Waals surface area contributed by atoms with Gasteiger partial charge in [-0.25, -0.2) is 0 Å². The van der Waals surface area contributed by atoms with E-state index in [-0.39, 0.29) is 5.97 Å². The summed E-state index contributed by atoms with van der Waals surface area (Å²) < 4.78 is 10.7. The van der Waals surface area contributed by atoms with Crippen LogP contribution in [0.2, 0.25) is 0 Å². The van der Waals surface area contributed by atoms with Crippen molar-refractivity contribution in [2.45, 2.75) is 12.3 Å². The maximum absolute atomic E-state index is 11.4. The van der Waals surface area contributed by atoms with Crippen LogP contribution in [0, 0.1) is 0 Å². The van der Waals surface area contributed by atoms with Crippen molar-refractivity contribution in [3.05, 3.63) is 119 Å². The molecular formula is C28H22O3. The summed E-state index contributed by atoms with van der Waals surface area (Å²) in [7, 11) is 1.68. The van der Waals surface area contributed by atoms with Crippen LogP contribution in [0.3, 0.4) is 0 Å². The lowest BCUT2D eigenvalue weighted by Gasteiger charge is -2.34. The first-order valence-corrected chi connectivity index (χ1v) is 10.3. The average molecular weight is 406 g/mol. The van der Waals surface area contributed by atoms with Gasteiger partial charge >= 0.3 is 5.97 Å². The highest BCUT2D eigenvalue weighted by Crippen LogP contribution is 2.56. The molecule has 5 rings (SSSR count). The van der Waals surface area contributed by atoms with Crippen LogP contribution < -0.4 is 9.47 Å². The highest BCUT2D eigenvalue weighted by molar-refractivity contribution is 5.86. The first-order valence-electron chi connectivity index (χ1n) is 10.3. The Hall–Kier alpha value is -3.85. The summed E-state index contributed by atoms with van der Waals surface area (Å²) in [5, 5.41) is 0. The Bertz CT molecular complexity index is 1210. The zero-order chi connectivity index (χ0) is 21.4. The van der Waals surface area contributed by atoms with Crippen molar-refractivity contribution in [2.24, 2.45) is 0 Å². The van der Waals surface area contributed by atoms with Gasteiger partial charge in [0, 0.05) is 6.92 Å². The molecule has 1 aliphatic rings. The molecule has 3 heteroatoms. The molecular weight excluding hydrogens is 384 g/mol. The number of hydrogen-bond acceptors (Lipinski definition) is 3. The fourth-order valence-corrected chi connectivity index (χ4v) is 4.80. The molecule has 0 spiro atoms. The van der Waals surface area contributed by atoms with Crippen LogP contribution >= 0.6 is 0 Å². The Morgan fingerprint density at radius 2 is 1.10 bits per heavy atom. The molecule has 0 saturated heterocycles. The minimum Gasteiger partial charge on any atom is -0.497 e. The third-order valence-corrected chi connectivity index (χ3v) is 6.02. The van der Waals surface area contributed by atoms with Gasteiger partial charge in [-0.05, 0) is 57.6 Å². The summed E-state index contributed by atoms with van der Waals surface area (Å²) in [6.07, 6.45) is 0. The summed E-state index contributed by atoms with van der Waals surface area (Å²) in [6.45, 7) is 1.41. The van der Waals surface area contributed by atoms with Crippen molar-refractivity contribution in [3.63, 3.8) is 0 Å². The van der Waals surface area contributed by atoms with E-state index in [2.05, 4.69) is 72.8 Å².